The van der Waals surface area contributed by atoms with Gasteiger partial charge in [0.2, 0.25) is 11.8 Å². The molecule has 1 heterocycles. The van der Waals surface area contributed by atoms with E-state index < -0.39 is 12.1 Å². The Bertz CT molecular complexity index is 527. The van der Waals surface area contributed by atoms with Crippen LogP contribution in [0.1, 0.15) is 51.9 Å². The number of likely N-dealkylation sites (tertiary alicyclic amines) is 1. The Labute approximate surface area is 174 Å². The van der Waals surface area contributed by atoms with Gasteiger partial charge >= 0.3 is 6.18 Å². The van der Waals surface area contributed by atoms with Crippen molar-refractivity contribution >= 4 is 41.8 Å². The minimum absolute atomic E-state index is 0. The summed E-state index contributed by atoms with van der Waals surface area (Å²) in [6.45, 7) is 2.86. The van der Waals surface area contributed by atoms with Crippen molar-refractivity contribution in [3.8, 4) is 0 Å². The molecular formula is C17H28F3IN4O2. The third kappa shape index (κ3) is 7.46. The summed E-state index contributed by atoms with van der Waals surface area (Å²) in [5.74, 6) is -1.22. The van der Waals surface area contributed by atoms with E-state index in [1.54, 1.807) is 0 Å². The van der Waals surface area contributed by atoms with Crippen LogP contribution >= 0.6 is 24.0 Å². The standard InChI is InChI=1S/C17H27F3N4O2.HI/c1-2-21-16(22-9-10-24-14(25)7-4-8-15(24)26)23-13-6-3-5-12(11-13)17(18,19)20;/h12-13H,2-11H2,1H3,(H2,21,22,23);1H. The minimum Gasteiger partial charge on any atom is -0.357 e. The second-order valence-corrected chi connectivity index (χ2v) is 6.80. The van der Waals surface area contributed by atoms with Gasteiger partial charge in [-0.1, -0.05) is 6.42 Å². The highest BCUT2D eigenvalue weighted by Gasteiger charge is 2.42. The molecule has 2 amide bonds. The van der Waals surface area contributed by atoms with Crippen molar-refractivity contribution in [2.24, 2.45) is 10.9 Å². The summed E-state index contributed by atoms with van der Waals surface area (Å²) >= 11 is 0. The van der Waals surface area contributed by atoms with Crippen molar-refractivity contribution in [3.63, 3.8) is 0 Å². The molecule has 0 aromatic rings. The summed E-state index contributed by atoms with van der Waals surface area (Å²) in [6.07, 6.45) is -1.43. The van der Waals surface area contributed by atoms with Crippen LogP contribution in [0.5, 0.6) is 0 Å². The molecular weight excluding hydrogens is 476 g/mol. The molecule has 2 unspecified atom stereocenters. The van der Waals surface area contributed by atoms with Gasteiger partial charge in [-0.05, 0) is 32.6 Å². The maximum atomic E-state index is 12.9. The van der Waals surface area contributed by atoms with Crippen LogP contribution in [0.4, 0.5) is 13.2 Å². The predicted molar refractivity (Wildman–Crippen MR) is 107 cm³/mol. The quantitative estimate of drug-likeness (QED) is 0.262. The first kappa shape index (κ1) is 24.0. The third-order valence-corrected chi connectivity index (χ3v) is 4.80. The molecule has 2 rings (SSSR count). The number of carbonyl (C=O) groups is 2. The van der Waals surface area contributed by atoms with Crippen LogP contribution in [0.2, 0.25) is 0 Å². The average Bonchev–Trinajstić information content (AvgIpc) is 2.57. The number of hydrogen-bond donors (Lipinski definition) is 2. The van der Waals surface area contributed by atoms with E-state index in [2.05, 4.69) is 15.6 Å². The molecule has 10 heteroatoms. The topological polar surface area (TPSA) is 73.8 Å². The van der Waals surface area contributed by atoms with Crippen LogP contribution in [0, 0.1) is 5.92 Å². The highest BCUT2D eigenvalue weighted by Crippen LogP contribution is 2.37. The van der Waals surface area contributed by atoms with Crippen LogP contribution in [0.15, 0.2) is 4.99 Å². The summed E-state index contributed by atoms with van der Waals surface area (Å²) in [7, 11) is 0. The number of amides is 2. The number of rotatable bonds is 5. The maximum Gasteiger partial charge on any atom is 0.391 e. The fourth-order valence-corrected chi connectivity index (χ4v) is 3.44. The van der Waals surface area contributed by atoms with Gasteiger partial charge in [-0.2, -0.15) is 13.2 Å². The molecule has 1 saturated carbocycles. The first-order valence-corrected chi connectivity index (χ1v) is 9.26. The van der Waals surface area contributed by atoms with Crippen LogP contribution in [-0.2, 0) is 9.59 Å². The van der Waals surface area contributed by atoms with Gasteiger partial charge in [0.1, 0.15) is 0 Å². The summed E-state index contributed by atoms with van der Waals surface area (Å²) in [6, 6.07) is -0.286. The molecule has 2 N–H and O–H groups in total. The molecule has 0 bridgehead atoms. The molecule has 0 aromatic carbocycles. The Morgan fingerprint density at radius 2 is 1.85 bits per heavy atom. The number of carbonyl (C=O) groups excluding carboxylic acids is 2. The Morgan fingerprint density at radius 3 is 2.44 bits per heavy atom. The largest absolute Gasteiger partial charge is 0.391 e. The molecule has 156 valence electrons. The average molecular weight is 504 g/mol. The molecule has 2 aliphatic rings. The summed E-state index contributed by atoms with van der Waals surface area (Å²) in [5, 5.41) is 6.08. The highest BCUT2D eigenvalue weighted by atomic mass is 127. The van der Waals surface area contributed by atoms with E-state index in [1.165, 1.54) is 4.90 Å². The van der Waals surface area contributed by atoms with Gasteiger partial charge in [0.15, 0.2) is 5.96 Å². The molecule has 1 saturated heterocycles. The third-order valence-electron chi connectivity index (χ3n) is 4.80. The van der Waals surface area contributed by atoms with Crippen LogP contribution in [0.25, 0.3) is 0 Å². The number of aliphatic imine (C=N–C) groups is 1. The molecule has 6 nitrogen and oxygen atoms in total. The lowest BCUT2D eigenvalue weighted by atomic mass is 9.85. The smallest absolute Gasteiger partial charge is 0.357 e. The normalized spacial score (nSPS) is 24.4. The maximum absolute atomic E-state index is 12.9. The van der Waals surface area contributed by atoms with Crippen molar-refractivity contribution in [2.45, 2.75) is 64.1 Å². The van der Waals surface area contributed by atoms with Gasteiger partial charge in [-0.15, -0.1) is 24.0 Å². The van der Waals surface area contributed by atoms with E-state index in [0.29, 0.717) is 44.6 Å². The Kier molecular flexibility index (Phi) is 9.82. The summed E-state index contributed by atoms with van der Waals surface area (Å²) in [4.78, 5) is 29.1. The summed E-state index contributed by atoms with van der Waals surface area (Å²) in [5.41, 5.74) is 0. The number of imide groups is 1. The van der Waals surface area contributed by atoms with Crippen LogP contribution in [0.3, 0.4) is 0 Å². The first-order chi connectivity index (χ1) is 12.3. The van der Waals surface area contributed by atoms with E-state index in [0.717, 1.165) is 0 Å². The fourth-order valence-electron chi connectivity index (χ4n) is 3.44. The minimum atomic E-state index is -4.16. The van der Waals surface area contributed by atoms with Gasteiger partial charge in [0.05, 0.1) is 12.5 Å². The number of nitrogens with zero attached hydrogens (tertiary/aromatic N) is 2. The van der Waals surface area contributed by atoms with E-state index in [4.69, 9.17) is 0 Å². The van der Waals surface area contributed by atoms with E-state index >= 15 is 0 Å². The van der Waals surface area contributed by atoms with Gasteiger partial charge in [0.25, 0.3) is 0 Å². The number of alkyl halides is 3. The zero-order valence-corrected chi connectivity index (χ0v) is 17.8. The van der Waals surface area contributed by atoms with E-state index in [-0.39, 0.29) is 67.8 Å². The Balaban J connectivity index is 0.00000364. The van der Waals surface area contributed by atoms with Gasteiger partial charge in [-0.25, -0.2) is 0 Å². The second-order valence-electron chi connectivity index (χ2n) is 6.80. The van der Waals surface area contributed by atoms with Crippen molar-refractivity contribution in [1.82, 2.24) is 15.5 Å². The second kappa shape index (κ2) is 11.1. The molecule has 0 radical (unpaired) electrons. The lowest BCUT2D eigenvalue weighted by Crippen LogP contribution is -2.47. The molecule has 1 aliphatic carbocycles. The predicted octanol–water partition coefficient (Wildman–Crippen LogP) is 2.82. The van der Waals surface area contributed by atoms with Crippen molar-refractivity contribution in [3.05, 3.63) is 0 Å². The molecule has 2 fully saturated rings. The molecule has 1 aliphatic heterocycles. The van der Waals surface area contributed by atoms with Gasteiger partial charge < -0.3 is 10.6 Å². The van der Waals surface area contributed by atoms with Crippen molar-refractivity contribution in [2.75, 3.05) is 19.6 Å². The van der Waals surface area contributed by atoms with E-state index in [1.807, 2.05) is 6.92 Å². The van der Waals surface area contributed by atoms with Gasteiger partial charge in [0, 0.05) is 32.0 Å². The first-order valence-electron chi connectivity index (χ1n) is 9.26. The Hall–Kier alpha value is -1.07. The molecule has 0 aromatic heterocycles. The van der Waals surface area contributed by atoms with E-state index in [9.17, 15) is 22.8 Å². The number of hydrogen-bond acceptors (Lipinski definition) is 3. The van der Waals surface area contributed by atoms with Crippen molar-refractivity contribution < 1.29 is 22.8 Å². The van der Waals surface area contributed by atoms with Crippen LogP contribution in [-0.4, -0.2) is 54.5 Å². The molecule has 27 heavy (non-hydrogen) atoms. The lowest BCUT2D eigenvalue weighted by Gasteiger charge is -2.32. The number of halogens is 4. The zero-order valence-electron chi connectivity index (χ0n) is 15.5. The highest BCUT2D eigenvalue weighted by molar-refractivity contribution is 14.0. The number of piperidine rings is 1. The van der Waals surface area contributed by atoms with Gasteiger partial charge in [-0.3, -0.25) is 19.5 Å². The number of nitrogens with one attached hydrogen (secondary N) is 2. The van der Waals surface area contributed by atoms with Crippen LogP contribution < -0.4 is 10.6 Å². The molecule has 0 spiro atoms. The fraction of sp³-hybridized carbons (Fsp3) is 0.824. The number of guanidine groups is 1. The Morgan fingerprint density at radius 1 is 1.19 bits per heavy atom. The summed E-state index contributed by atoms with van der Waals surface area (Å²) < 4.78 is 38.8. The zero-order chi connectivity index (χ0) is 19.2. The lowest BCUT2D eigenvalue weighted by molar-refractivity contribution is -0.183. The van der Waals surface area contributed by atoms with Crippen molar-refractivity contribution in [1.29, 1.82) is 0 Å². The monoisotopic (exact) mass is 504 g/mol. The SMILES string of the molecule is CCNC(=NCCN1C(=O)CCCC1=O)NC1CCCC(C(F)(F)F)C1.I. The molecule has 2 atom stereocenters.